The molecule has 1 atom stereocenters. The van der Waals surface area contributed by atoms with Crippen molar-refractivity contribution in [3.63, 3.8) is 0 Å². The van der Waals surface area contributed by atoms with Gasteiger partial charge in [0.15, 0.2) is 11.5 Å². The van der Waals surface area contributed by atoms with Crippen LogP contribution in [0.1, 0.15) is 17.3 Å². The fourth-order valence-corrected chi connectivity index (χ4v) is 4.53. The van der Waals surface area contributed by atoms with E-state index in [-0.39, 0.29) is 18.1 Å². The topological polar surface area (TPSA) is 89.0 Å². The SMILES string of the molecule is O=C1C(=O)N(c2ccc3c(c2)OCO3)C(c2ccccn2)/C1=C(/O)c1cccc2ccccc12. The van der Waals surface area contributed by atoms with Crippen molar-refractivity contribution in [2.45, 2.75) is 6.04 Å². The van der Waals surface area contributed by atoms with Crippen molar-refractivity contribution in [1.29, 1.82) is 0 Å². The minimum Gasteiger partial charge on any atom is -0.507 e. The van der Waals surface area contributed by atoms with Gasteiger partial charge in [0.25, 0.3) is 11.7 Å². The first-order chi connectivity index (χ1) is 16.6. The fourth-order valence-electron chi connectivity index (χ4n) is 4.53. The molecule has 0 bridgehead atoms. The molecule has 1 saturated heterocycles. The van der Waals surface area contributed by atoms with Crippen LogP contribution in [0.2, 0.25) is 0 Å². The van der Waals surface area contributed by atoms with Gasteiger partial charge in [0.2, 0.25) is 6.79 Å². The number of pyridine rings is 1. The van der Waals surface area contributed by atoms with E-state index in [1.807, 2.05) is 30.3 Å². The van der Waals surface area contributed by atoms with E-state index < -0.39 is 17.7 Å². The van der Waals surface area contributed by atoms with Crippen LogP contribution >= 0.6 is 0 Å². The summed E-state index contributed by atoms with van der Waals surface area (Å²) in [4.78, 5) is 32.5. The van der Waals surface area contributed by atoms with Crippen molar-refractivity contribution in [2.75, 3.05) is 11.7 Å². The number of nitrogens with zero attached hydrogens (tertiary/aromatic N) is 2. The summed E-state index contributed by atoms with van der Waals surface area (Å²) in [5.41, 5.74) is 1.36. The average molecular weight is 450 g/mol. The van der Waals surface area contributed by atoms with E-state index in [4.69, 9.17) is 9.47 Å². The maximum Gasteiger partial charge on any atom is 0.300 e. The second kappa shape index (κ2) is 7.74. The summed E-state index contributed by atoms with van der Waals surface area (Å²) in [7, 11) is 0. The van der Waals surface area contributed by atoms with Gasteiger partial charge in [-0.05, 0) is 35.0 Å². The Kier molecular flexibility index (Phi) is 4.55. The molecule has 1 unspecified atom stereocenters. The number of carbonyl (C=O) groups excluding carboxylic acids is 2. The van der Waals surface area contributed by atoms with Gasteiger partial charge in [0, 0.05) is 23.5 Å². The second-order valence-corrected chi connectivity index (χ2v) is 7.99. The monoisotopic (exact) mass is 450 g/mol. The Morgan fingerprint density at radius 2 is 1.71 bits per heavy atom. The Hall–Kier alpha value is -4.65. The minimum atomic E-state index is -0.916. The van der Waals surface area contributed by atoms with Gasteiger partial charge in [-0.2, -0.15) is 0 Å². The number of rotatable bonds is 3. The summed E-state index contributed by atoms with van der Waals surface area (Å²) < 4.78 is 10.9. The molecule has 166 valence electrons. The number of hydrogen-bond acceptors (Lipinski definition) is 6. The van der Waals surface area contributed by atoms with Crippen molar-refractivity contribution >= 4 is 33.9 Å². The molecule has 3 heterocycles. The van der Waals surface area contributed by atoms with Gasteiger partial charge >= 0.3 is 0 Å². The van der Waals surface area contributed by atoms with Crippen molar-refractivity contribution in [2.24, 2.45) is 0 Å². The molecule has 4 aromatic rings. The Morgan fingerprint density at radius 1 is 0.912 bits per heavy atom. The third kappa shape index (κ3) is 3.02. The van der Waals surface area contributed by atoms with Crippen LogP contribution in [0.15, 0.2) is 90.6 Å². The van der Waals surface area contributed by atoms with Gasteiger partial charge in [0.1, 0.15) is 11.8 Å². The van der Waals surface area contributed by atoms with Gasteiger partial charge in [-0.1, -0.05) is 48.5 Å². The molecule has 0 radical (unpaired) electrons. The number of aromatic nitrogens is 1. The normalized spacial score (nSPS) is 18.6. The maximum absolute atomic E-state index is 13.4. The lowest BCUT2D eigenvalue weighted by Gasteiger charge is -2.24. The first-order valence-electron chi connectivity index (χ1n) is 10.7. The number of ketones is 1. The number of Topliss-reactive ketones (excluding diaryl/α,β-unsaturated/α-hetero) is 1. The van der Waals surface area contributed by atoms with Crippen LogP contribution in [0.5, 0.6) is 11.5 Å². The van der Waals surface area contributed by atoms with Crippen molar-refractivity contribution in [3.8, 4) is 11.5 Å². The second-order valence-electron chi connectivity index (χ2n) is 7.99. The largest absolute Gasteiger partial charge is 0.507 e. The minimum absolute atomic E-state index is 0.0160. The standard InChI is InChI=1S/C27H18N2O5/c30-25(19-9-5-7-16-6-1-2-8-18(16)19)23-24(20-10-3-4-13-28-20)29(27(32)26(23)31)17-11-12-21-22(14-17)34-15-33-21/h1-14,24,30H,15H2/b25-23-. The van der Waals surface area contributed by atoms with Gasteiger partial charge in [-0.3, -0.25) is 19.5 Å². The third-order valence-corrected chi connectivity index (χ3v) is 6.09. The smallest absolute Gasteiger partial charge is 0.300 e. The van der Waals surface area contributed by atoms with Crippen molar-refractivity contribution in [1.82, 2.24) is 4.98 Å². The molecule has 0 spiro atoms. The van der Waals surface area contributed by atoms with Gasteiger partial charge in [0.05, 0.1) is 11.3 Å². The highest BCUT2D eigenvalue weighted by Gasteiger charge is 2.48. The Balaban J connectivity index is 1.58. The number of aliphatic hydroxyl groups is 1. The van der Waals surface area contributed by atoms with E-state index in [1.54, 1.807) is 54.7 Å². The van der Waals surface area contributed by atoms with Gasteiger partial charge in [-0.25, -0.2) is 0 Å². The van der Waals surface area contributed by atoms with E-state index >= 15 is 0 Å². The summed E-state index contributed by atoms with van der Waals surface area (Å²) in [6.07, 6.45) is 1.59. The fraction of sp³-hybridized carbons (Fsp3) is 0.0741. The van der Waals surface area contributed by atoms with Crippen LogP contribution < -0.4 is 14.4 Å². The Labute approximate surface area is 194 Å². The number of benzene rings is 3. The Bertz CT molecular complexity index is 1490. The molecule has 6 rings (SSSR count). The van der Waals surface area contributed by atoms with Crippen LogP contribution in [-0.4, -0.2) is 28.6 Å². The number of amides is 1. The molecular formula is C27H18N2O5. The first-order valence-corrected chi connectivity index (χ1v) is 10.7. The highest BCUT2D eigenvalue weighted by molar-refractivity contribution is 6.51. The molecule has 2 aliphatic rings. The summed E-state index contributed by atoms with van der Waals surface area (Å²) in [6.45, 7) is 0.0857. The molecule has 0 saturated carbocycles. The van der Waals surface area contributed by atoms with Crippen molar-refractivity contribution in [3.05, 3.63) is 102 Å². The van der Waals surface area contributed by atoms with Crippen LogP contribution in [0.25, 0.3) is 16.5 Å². The summed E-state index contributed by atoms with van der Waals surface area (Å²) >= 11 is 0. The molecule has 1 amide bonds. The molecule has 3 aromatic carbocycles. The van der Waals surface area contributed by atoms with E-state index in [0.717, 1.165) is 10.8 Å². The number of hydrogen-bond donors (Lipinski definition) is 1. The zero-order chi connectivity index (χ0) is 23.2. The zero-order valence-electron chi connectivity index (χ0n) is 17.8. The molecule has 1 fully saturated rings. The third-order valence-electron chi connectivity index (χ3n) is 6.09. The van der Waals surface area contributed by atoms with E-state index in [2.05, 4.69) is 4.98 Å². The number of aliphatic hydroxyl groups excluding tert-OH is 1. The predicted molar refractivity (Wildman–Crippen MR) is 126 cm³/mol. The average Bonchev–Trinajstić information content (AvgIpc) is 3.45. The summed E-state index contributed by atoms with van der Waals surface area (Å²) in [6, 6.07) is 22.4. The molecular weight excluding hydrogens is 432 g/mol. The van der Waals surface area contributed by atoms with Gasteiger partial charge in [-0.15, -0.1) is 0 Å². The van der Waals surface area contributed by atoms with Crippen molar-refractivity contribution < 1.29 is 24.2 Å². The Morgan fingerprint density at radius 3 is 2.56 bits per heavy atom. The van der Waals surface area contributed by atoms with Crippen LogP contribution in [0.3, 0.4) is 0 Å². The molecule has 1 N–H and O–H groups in total. The predicted octanol–water partition coefficient (Wildman–Crippen LogP) is 4.59. The van der Waals surface area contributed by atoms with Crippen LogP contribution in [0, 0.1) is 0 Å². The summed E-state index contributed by atoms with van der Waals surface area (Å²) in [5, 5.41) is 13.1. The summed E-state index contributed by atoms with van der Waals surface area (Å²) in [5.74, 6) is -0.734. The van der Waals surface area contributed by atoms with Crippen LogP contribution in [-0.2, 0) is 9.59 Å². The number of fused-ring (bicyclic) bond motifs is 2. The van der Waals surface area contributed by atoms with E-state index in [0.29, 0.717) is 28.4 Å². The zero-order valence-corrected chi connectivity index (χ0v) is 17.8. The number of anilines is 1. The lowest BCUT2D eigenvalue weighted by Crippen LogP contribution is -2.29. The molecule has 34 heavy (non-hydrogen) atoms. The molecule has 0 aliphatic carbocycles. The molecule has 1 aromatic heterocycles. The lowest BCUT2D eigenvalue weighted by molar-refractivity contribution is -0.132. The number of ether oxygens (including phenoxy) is 2. The van der Waals surface area contributed by atoms with E-state index in [1.165, 1.54) is 4.90 Å². The maximum atomic E-state index is 13.4. The lowest BCUT2D eigenvalue weighted by atomic mass is 9.95. The van der Waals surface area contributed by atoms with E-state index in [9.17, 15) is 14.7 Å². The highest BCUT2D eigenvalue weighted by atomic mass is 16.7. The number of carbonyl (C=O) groups is 2. The highest BCUT2D eigenvalue weighted by Crippen LogP contribution is 2.44. The van der Waals surface area contributed by atoms with Gasteiger partial charge < -0.3 is 14.6 Å². The molecule has 7 nitrogen and oxygen atoms in total. The first kappa shape index (κ1) is 20.0. The van der Waals surface area contributed by atoms with Crippen LogP contribution in [0.4, 0.5) is 5.69 Å². The quantitative estimate of drug-likeness (QED) is 0.279. The molecule has 7 heteroatoms. The molecule has 2 aliphatic heterocycles.